The summed E-state index contributed by atoms with van der Waals surface area (Å²) in [5.41, 5.74) is -0.477. The molecule has 0 spiro atoms. The summed E-state index contributed by atoms with van der Waals surface area (Å²) >= 11 is 0. The van der Waals surface area contributed by atoms with Crippen molar-refractivity contribution in [2.24, 2.45) is 17.3 Å². The number of hydrogen-bond acceptors (Lipinski definition) is 3. The van der Waals surface area contributed by atoms with E-state index in [1.54, 1.807) is 0 Å². The number of carbonyl (C=O) groups is 2. The van der Waals surface area contributed by atoms with Crippen LogP contribution >= 0.6 is 0 Å². The molecule has 1 aliphatic rings. The highest BCUT2D eigenvalue weighted by Gasteiger charge is 2.47. The number of carbonyl (C=O) groups excluding carboxylic acids is 2. The van der Waals surface area contributed by atoms with E-state index in [1.165, 1.54) is 6.92 Å². The molecule has 3 nitrogen and oxygen atoms in total. The second-order valence-corrected chi connectivity index (χ2v) is 4.97. The van der Waals surface area contributed by atoms with Gasteiger partial charge in [0.05, 0.1) is 6.10 Å². The number of Topliss-reactive ketones (excluding diaryl/α,β-unsaturated/α-hetero) is 2. The number of ketones is 2. The molecular formula is C11H18O3. The van der Waals surface area contributed by atoms with Crippen LogP contribution in [0.15, 0.2) is 0 Å². The third kappa shape index (κ3) is 1.73. The number of rotatable bonds is 1. The minimum Gasteiger partial charge on any atom is -0.392 e. The quantitative estimate of drug-likeness (QED) is 0.644. The van der Waals surface area contributed by atoms with Crippen molar-refractivity contribution in [2.75, 3.05) is 0 Å². The van der Waals surface area contributed by atoms with E-state index in [0.717, 1.165) is 0 Å². The molecule has 1 fully saturated rings. The van der Waals surface area contributed by atoms with E-state index in [-0.39, 0.29) is 17.5 Å². The fourth-order valence-corrected chi connectivity index (χ4v) is 2.28. The Morgan fingerprint density at radius 3 is 2.36 bits per heavy atom. The van der Waals surface area contributed by atoms with E-state index in [1.807, 2.05) is 20.8 Å². The minimum atomic E-state index is -0.864. The van der Waals surface area contributed by atoms with Gasteiger partial charge in [0, 0.05) is 11.3 Å². The Balaban J connectivity index is 3.02. The standard InChI is InChI=1S/C11H18O3/c1-6-5-11(3,4)10(14)8(7(2)12)9(6)13/h6-8,12H,5H2,1-4H3. The van der Waals surface area contributed by atoms with Crippen LogP contribution in [0.1, 0.15) is 34.1 Å². The molecule has 3 atom stereocenters. The number of aliphatic hydroxyl groups excluding tert-OH is 1. The molecule has 0 aromatic carbocycles. The van der Waals surface area contributed by atoms with Gasteiger partial charge < -0.3 is 5.11 Å². The van der Waals surface area contributed by atoms with Crippen LogP contribution < -0.4 is 0 Å². The van der Waals surface area contributed by atoms with Crippen LogP contribution in [0, 0.1) is 17.3 Å². The van der Waals surface area contributed by atoms with E-state index in [4.69, 9.17) is 0 Å². The Bertz CT molecular complexity index is 266. The van der Waals surface area contributed by atoms with Crippen molar-refractivity contribution in [1.82, 2.24) is 0 Å². The summed E-state index contributed by atoms with van der Waals surface area (Å²) in [6.07, 6.45) is -0.273. The van der Waals surface area contributed by atoms with Gasteiger partial charge in [-0.1, -0.05) is 20.8 Å². The summed E-state index contributed by atoms with van der Waals surface area (Å²) in [7, 11) is 0. The van der Waals surface area contributed by atoms with Gasteiger partial charge in [0.1, 0.15) is 11.7 Å². The topological polar surface area (TPSA) is 54.4 Å². The molecule has 0 aliphatic heterocycles. The van der Waals surface area contributed by atoms with Crippen molar-refractivity contribution in [2.45, 2.75) is 40.2 Å². The van der Waals surface area contributed by atoms with Crippen LogP contribution in [-0.4, -0.2) is 22.8 Å². The van der Waals surface area contributed by atoms with Crippen LogP contribution in [0.4, 0.5) is 0 Å². The van der Waals surface area contributed by atoms with Crippen molar-refractivity contribution in [3.8, 4) is 0 Å². The molecule has 0 aromatic heterocycles. The van der Waals surface area contributed by atoms with Gasteiger partial charge in [-0.2, -0.15) is 0 Å². The van der Waals surface area contributed by atoms with Gasteiger partial charge >= 0.3 is 0 Å². The normalized spacial score (nSPS) is 34.4. The van der Waals surface area contributed by atoms with Crippen LogP contribution in [0.25, 0.3) is 0 Å². The Morgan fingerprint density at radius 2 is 1.93 bits per heavy atom. The first kappa shape index (κ1) is 11.4. The van der Waals surface area contributed by atoms with Gasteiger partial charge in [-0.25, -0.2) is 0 Å². The maximum atomic E-state index is 11.9. The molecule has 80 valence electrons. The molecule has 1 N–H and O–H groups in total. The number of aliphatic hydroxyl groups is 1. The average Bonchev–Trinajstić information content (AvgIpc) is 2.00. The highest BCUT2D eigenvalue weighted by molar-refractivity contribution is 6.08. The Kier molecular flexibility index (Phi) is 2.81. The zero-order chi connectivity index (χ0) is 11.1. The lowest BCUT2D eigenvalue weighted by Gasteiger charge is -2.37. The first-order chi connectivity index (χ1) is 6.27. The van der Waals surface area contributed by atoms with E-state index in [0.29, 0.717) is 6.42 Å². The summed E-state index contributed by atoms with van der Waals surface area (Å²) in [6.45, 7) is 7.02. The van der Waals surface area contributed by atoms with Crippen molar-refractivity contribution < 1.29 is 14.7 Å². The van der Waals surface area contributed by atoms with Gasteiger partial charge in [0.2, 0.25) is 0 Å². The summed E-state index contributed by atoms with van der Waals surface area (Å²) in [5.74, 6) is -1.16. The summed E-state index contributed by atoms with van der Waals surface area (Å²) in [6, 6.07) is 0. The SMILES string of the molecule is CC1CC(C)(C)C(=O)C(C(C)O)C1=O. The van der Waals surface area contributed by atoms with Crippen molar-refractivity contribution in [3.05, 3.63) is 0 Å². The first-order valence-electron chi connectivity index (χ1n) is 5.03. The molecule has 0 bridgehead atoms. The van der Waals surface area contributed by atoms with E-state index < -0.39 is 17.4 Å². The summed E-state index contributed by atoms with van der Waals surface area (Å²) < 4.78 is 0. The van der Waals surface area contributed by atoms with Crippen molar-refractivity contribution in [3.63, 3.8) is 0 Å². The molecular weight excluding hydrogens is 180 g/mol. The summed E-state index contributed by atoms with van der Waals surface area (Å²) in [5, 5.41) is 9.43. The van der Waals surface area contributed by atoms with Crippen molar-refractivity contribution in [1.29, 1.82) is 0 Å². The molecule has 0 amide bonds. The first-order valence-corrected chi connectivity index (χ1v) is 5.03. The zero-order valence-electron chi connectivity index (χ0n) is 9.20. The zero-order valence-corrected chi connectivity index (χ0v) is 9.20. The highest BCUT2D eigenvalue weighted by Crippen LogP contribution is 2.37. The minimum absolute atomic E-state index is 0.107. The van der Waals surface area contributed by atoms with Gasteiger partial charge in [0.15, 0.2) is 5.78 Å². The maximum absolute atomic E-state index is 11.9. The fourth-order valence-electron chi connectivity index (χ4n) is 2.28. The van der Waals surface area contributed by atoms with Crippen LogP contribution in [-0.2, 0) is 9.59 Å². The Morgan fingerprint density at radius 1 is 1.43 bits per heavy atom. The second-order valence-electron chi connectivity index (χ2n) is 4.97. The average molecular weight is 198 g/mol. The smallest absolute Gasteiger partial charge is 0.151 e. The molecule has 1 rings (SSSR count). The van der Waals surface area contributed by atoms with Gasteiger partial charge in [-0.05, 0) is 13.3 Å². The molecule has 3 heteroatoms. The molecule has 0 radical (unpaired) electrons. The fraction of sp³-hybridized carbons (Fsp3) is 0.818. The molecule has 3 unspecified atom stereocenters. The second kappa shape index (κ2) is 3.46. The molecule has 0 aromatic rings. The predicted octanol–water partition coefficient (Wildman–Crippen LogP) is 1.19. The van der Waals surface area contributed by atoms with Gasteiger partial charge in [-0.3, -0.25) is 9.59 Å². The maximum Gasteiger partial charge on any atom is 0.151 e. The highest BCUT2D eigenvalue weighted by atomic mass is 16.3. The van der Waals surface area contributed by atoms with E-state index in [9.17, 15) is 14.7 Å². The monoisotopic (exact) mass is 198 g/mol. The number of hydrogen-bond donors (Lipinski definition) is 1. The van der Waals surface area contributed by atoms with E-state index >= 15 is 0 Å². The van der Waals surface area contributed by atoms with Crippen LogP contribution in [0.5, 0.6) is 0 Å². The van der Waals surface area contributed by atoms with Gasteiger partial charge in [-0.15, -0.1) is 0 Å². The molecule has 1 aliphatic carbocycles. The molecule has 0 heterocycles. The lowest BCUT2D eigenvalue weighted by atomic mass is 9.65. The Labute approximate surface area is 84.5 Å². The molecule has 0 saturated heterocycles. The molecule has 1 saturated carbocycles. The third-order valence-corrected chi connectivity index (χ3v) is 3.04. The van der Waals surface area contributed by atoms with Crippen LogP contribution in [0.2, 0.25) is 0 Å². The van der Waals surface area contributed by atoms with Crippen LogP contribution in [0.3, 0.4) is 0 Å². The lowest BCUT2D eigenvalue weighted by molar-refractivity contribution is -0.150. The van der Waals surface area contributed by atoms with Crippen molar-refractivity contribution >= 4 is 11.6 Å². The Hall–Kier alpha value is -0.700. The summed E-state index contributed by atoms with van der Waals surface area (Å²) in [4.78, 5) is 23.5. The predicted molar refractivity (Wildman–Crippen MR) is 52.7 cm³/mol. The van der Waals surface area contributed by atoms with E-state index in [2.05, 4.69) is 0 Å². The van der Waals surface area contributed by atoms with Gasteiger partial charge in [0.25, 0.3) is 0 Å². The third-order valence-electron chi connectivity index (χ3n) is 3.04. The largest absolute Gasteiger partial charge is 0.392 e. The molecule has 14 heavy (non-hydrogen) atoms. The lowest BCUT2D eigenvalue weighted by Crippen LogP contribution is -2.49.